The Labute approximate surface area is 140 Å². The number of aromatic amines is 1. The highest BCUT2D eigenvalue weighted by molar-refractivity contribution is 9.10. The van der Waals surface area contributed by atoms with E-state index < -0.39 is 23.2 Å². The maximum absolute atomic E-state index is 13.9. The van der Waals surface area contributed by atoms with Gasteiger partial charge in [0.1, 0.15) is 11.5 Å². The molecule has 0 bridgehead atoms. The van der Waals surface area contributed by atoms with Crippen molar-refractivity contribution in [2.24, 2.45) is 0 Å². The molecule has 8 heteroatoms. The lowest BCUT2D eigenvalue weighted by molar-refractivity contribution is -0.139. The quantitative estimate of drug-likeness (QED) is 0.711. The second-order valence-electron chi connectivity index (χ2n) is 5.55. The number of halogens is 2. The highest BCUT2D eigenvalue weighted by Gasteiger charge is 2.30. The number of benzene rings is 1. The number of ether oxygens (including phenoxy) is 1. The number of H-pyrrole nitrogens is 1. The van der Waals surface area contributed by atoms with E-state index in [1.165, 1.54) is 19.2 Å². The van der Waals surface area contributed by atoms with E-state index in [2.05, 4.69) is 26.2 Å². The van der Waals surface area contributed by atoms with Crippen molar-refractivity contribution >= 4 is 38.7 Å². The molecule has 1 atom stereocenters. The number of aliphatic carboxylic acids is 1. The molecular weight excluding hydrogens is 371 g/mol. The van der Waals surface area contributed by atoms with Crippen molar-refractivity contribution < 1.29 is 23.8 Å². The molecule has 2 aromatic rings. The van der Waals surface area contributed by atoms with Gasteiger partial charge in [-0.3, -0.25) is 9.59 Å². The number of fused-ring (bicyclic) bond motifs is 1. The van der Waals surface area contributed by atoms with Crippen LogP contribution in [-0.4, -0.2) is 41.2 Å². The zero-order chi connectivity index (χ0) is 17.2. The fraction of sp³-hybridized carbons (Fsp3) is 0.333. The molecule has 0 saturated heterocycles. The summed E-state index contributed by atoms with van der Waals surface area (Å²) >= 11 is 3.18. The smallest absolute Gasteiger partial charge is 0.305 e. The standard InChI is InChI=1S/C15H16BrFN2O4/c1-15(7-23-2,6-13(20)21)19-14(22)12-5-9-10(17)3-8(16)4-11(9)18-12/h3-5,18H,6-7H2,1-2H3,(H,19,22)(H,20,21). The van der Waals surface area contributed by atoms with Crippen LogP contribution in [0.4, 0.5) is 4.39 Å². The largest absolute Gasteiger partial charge is 0.481 e. The first-order chi connectivity index (χ1) is 10.7. The number of hydrogen-bond acceptors (Lipinski definition) is 3. The van der Waals surface area contributed by atoms with Crippen LogP contribution < -0.4 is 5.32 Å². The van der Waals surface area contributed by atoms with Gasteiger partial charge >= 0.3 is 5.97 Å². The van der Waals surface area contributed by atoms with Crippen LogP contribution >= 0.6 is 15.9 Å². The average Bonchev–Trinajstić information content (AvgIpc) is 2.81. The van der Waals surface area contributed by atoms with Crippen molar-refractivity contribution in [2.45, 2.75) is 18.9 Å². The first kappa shape index (κ1) is 17.4. The number of rotatable bonds is 6. The molecule has 23 heavy (non-hydrogen) atoms. The van der Waals surface area contributed by atoms with Crippen molar-refractivity contribution in [3.05, 3.63) is 34.2 Å². The molecule has 1 aromatic heterocycles. The predicted octanol–water partition coefficient (Wildman–Crippen LogP) is 2.68. The van der Waals surface area contributed by atoms with Crippen molar-refractivity contribution in [3.63, 3.8) is 0 Å². The number of carboxylic acids is 1. The Bertz CT molecular complexity index is 761. The first-order valence-electron chi connectivity index (χ1n) is 6.75. The lowest BCUT2D eigenvalue weighted by Crippen LogP contribution is -2.50. The van der Waals surface area contributed by atoms with Gasteiger partial charge in [0.15, 0.2) is 0 Å². The fourth-order valence-corrected chi connectivity index (χ4v) is 2.84. The normalized spacial score (nSPS) is 13.7. The summed E-state index contributed by atoms with van der Waals surface area (Å²) in [5.74, 6) is -2.05. The van der Waals surface area contributed by atoms with E-state index >= 15 is 0 Å². The molecule has 0 aliphatic carbocycles. The molecule has 0 spiro atoms. The fourth-order valence-electron chi connectivity index (χ4n) is 2.41. The van der Waals surface area contributed by atoms with Crippen molar-refractivity contribution in [1.82, 2.24) is 10.3 Å². The monoisotopic (exact) mass is 386 g/mol. The first-order valence-corrected chi connectivity index (χ1v) is 7.54. The maximum Gasteiger partial charge on any atom is 0.305 e. The summed E-state index contributed by atoms with van der Waals surface area (Å²) in [6.07, 6.45) is -0.299. The molecule has 2 rings (SSSR count). The zero-order valence-electron chi connectivity index (χ0n) is 12.6. The summed E-state index contributed by atoms with van der Waals surface area (Å²) in [4.78, 5) is 26.1. The maximum atomic E-state index is 13.9. The predicted molar refractivity (Wildman–Crippen MR) is 86.0 cm³/mol. The zero-order valence-corrected chi connectivity index (χ0v) is 14.2. The van der Waals surface area contributed by atoms with E-state index in [4.69, 9.17) is 9.84 Å². The Hall–Kier alpha value is -1.93. The highest BCUT2D eigenvalue weighted by atomic mass is 79.9. The number of carbonyl (C=O) groups excluding carboxylic acids is 1. The van der Waals surface area contributed by atoms with E-state index in [-0.39, 0.29) is 24.1 Å². The van der Waals surface area contributed by atoms with Gasteiger partial charge in [-0.05, 0) is 25.1 Å². The van der Waals surface area contributed by atoms with Crippen molar-refractivity contribution in [1.29, 1.82) is 0 Å². The summed E-state index contributed by atoms with van der Waals surface area (Å²) < 4.78 is 19.4. The molecule has 124 valence electrons. The summed E-state index contributed by atoms with van der Waals surface area (Å²) in [7, 11) is 1.42. The molecule has 1 heterocycles. The van der Waals surface area contributed by atoms with Crippen LogP contribution in [0.15, 0.2) is 22.7 Å². The van der Waals surface area contributed by atoms with E-state index in [9.17, 15) is 14.0 Å². The number of nitrogens with one attached hydrogen (secondary N) is 2. The van der Waals surface area contributed by atoms with Crippen LogP contribution in [0.5, 0.6) is 0 Å². The van der Waals surface area contributed by atoms with E-state index in [0.717, 1.165) is 0 Å². The molecule has 0 radical (unpaired) electrons. The lowest BCUT2D eigenvalue weighted by Gasteiger charge is -2.28. The van der Waals surface area contributed by atoms with Gasteiger partial charge in [-0.1, -0.05) is 15.9 Å². The van der Waals surface area contributed by atoms with E-state index in [1.54, 1.807) is 13.0 Å². The third-order valence-electron chi connectivity index (χ3n) is 3.32. The van der Waals surface area contributed by atoms with Gasteiger partial charge in [-0.2, -0.15) is 0 Å². The van der Waals surface area contributed by atoms with Crippen LogP contribution in [-0.2, 0) is 9.53 Å². The Balaban J connectivity index is 2.29. The third-order valence-corrected chi connectivity index (χ3v) is 3.77. The SMILES string of the molecule is COCC(C)(CC(=O)O)NC(=O)c1cc2c(F)cc(Br)cc2[nH]1. The number of carboxylic acid groups (broad SMARTS) is 1. The summed E-state index contributed by atoms with van der Waals surface area (Å²) in [5, 5.41) is 11.9. The second kappa shape index (κ2) is 6.67. The highest BCUT2D eigenvalue weighted by Crippen LogP contribution is 2.24. The van der Waals surface area contributed by atoms with Gasteiger partial charge in [-0.15, -0.1) is 0 Å². The van der Waals surface area contributed by atoms with E-state index in [0.29, 0.717) is 9.99 Å². The number of aromatic nitrogens is 1. The van der Waals surface area contributed by atoms with Crippen LogP contribution in [0.1, 0.15) is 23.8 Å². The van der Waals surface area contributed by atoms with Gasteiger partial charge in [0.2, 0.25) is 0 Å². The summed E-state index contributed by atoms with van der Waals surface area (Å²) in [6, 6.07) is 4.35. The van der Waals surface area contributed by atoms with Crippen LogP contribution in [0.3, 0.4) is 0 Å². The minimum atomic E-state index is -1.08. The topological polar surface area (TPSA) is 91.4 Å². The minimum Gasteiger partial charge on any atom is -0.481 e. The summed E-state index contributed by atoms with van der Waals surface area (Å²) in [6.45, 7) is 1.60. The number of methoxy groups -OCH3 is 1. The molecule has 1 unspecified atom stereocenters. The molecule has 1 aromatic carbocycles. The van der Waals surface area contributed by atoms with Crippen LogP contribution in [0, 0.1) is 5.82 Å². The molecule has 0 aliphatic heterocycles. The molecule has 0 fully saturated rings. The molecule has 3 N–H and O–H groups in total. The van der Waals surface area contributed by atoms with Crippen molar-refractivity contribution in [2.75, 3.05) is 13.7 Å². The van der Waals surface area contributed by atoms with E-state index in [1.807, 2.05) is 0 Å². The Morgan fingerprint density at radius 2 is 2.13 bits per heavy atom. The van der Waals surface area contributed by atoms with Crippen LogP contribution in [0.25, 0.3) is 10.9 Å². The minimum absolute atomic E-state index is 0.0329. The van der Waals surface area contributed by atoms with Gasteiger partial charge in [0.05, 0.1) is 24.1 Å². The number of hydrogen-bond donors (Lipinski definition) is 3. The number of carbonyl (C=O) groups is 2. The molecular formula is C15H16BrFN2O4. The van der Waals surface area contributed by atoms with Gasteiger partial charge in [-0.25, -0.2) is 4.39 Å². The third kappa shape index (κ3) is 4.08. The van der Waals surface area contributed by atoms with Gasteiger partial charge < -0.3 is 20.1 Å². The van der Waals surface area contributed by atoms with Gasteiger partial charge in [0, 0.05) is 17.0 Å². The Kier molecular flexibility index (Phi) is 5.06. The lowest BCUT2D eigenvalue weighted by atomic mass is 9.98. The Morgan fingerprint density at radius 1 is 1.43 bits per heavy atom. The summed E-state index contributed by atoms with van der Waals surface area (Å²) in [5.41, 5.74) is -0.466. The molecule has 0 saturated carbocycles. The number of amides is 1. The van der Waals surface area contributed by atoms with Crippen LogP contribution in [0.2, 0.25) is 0 Å². The van der Waals surface area contributed by atoms with Gasteiger partial charge in [0.25, 0.3) is 5.91 Å². The average molecular weight is 387 g/mol. The second-order valence-corrected chi connectivity index (χ2v) is 6.47. The molecule has 0 aliphatic rings. The van der Waals surface area contributed by atoms with Crippen molar-refractivity contribution in [3.8, 4) is 0 Å². The Morgan fingerprint density at radius 3 is 2.74 bits per heavy atom. The molecule has 1 amide bonds. The molecule has 6 nitrogen and oxygen atoms in total.